The predicted octanol–water partition coefficient (Wildman–Crippen LogP) is 7.05. The summed E-state index contributed by atoms with van der Waals surface area (Å²) < 4.78 is 14.0. The number of hydrogen-bond donors (Lipinski definition) is 1. The molecule has 4 nitrogen and oxygen atoms in total. The van der Waals surface area contributed by atoms with Crippen molar-refractivity contribution < 1.29 is 9.18 Å². The summed E-state index contributed by atoms with van der Waals surface area (Å²) in [4.78, 5) is 23.5. The summed E-state index contributed by atoms with van der Waals surface area (Å²) in [5.74, 6) is 3.72. The van der Waals surface area contributed by atoms with Gasteiger partial charge in [0.1, 0.15) is 5.82 Å². The van der Waals surface area contributed by atoms with E-state index >= 15 is 0 Å². The maximum Gasteiger partial charge on any atom is 0.225 e. The summed E-state index contributed by atoms with van der Waals surface area (Å²) in [5, 5.41) is 3.25. The summed E-state index contributed by atoms with van der Waals surface area (Å²) >= 11 is 0. The molecule has 0 aliphatic heterocycles. The lowest BCUT2D eigenvalue weighted by molar-refractivity contribution is -0.117. The molecule has 0 saturated heterocycles. The molecule has 190 valence electrons. The van der Waals surface area contributed by atoms with Gasteiger partial charge in [0.25, 0.3) is 0 Å². The third-order valence-corrected chi connectivity index (χ3v) is 10.2. The minimum Gasteiger partial charge on any atom is -0.309 e. The first-order chi connectivity index (χ1) is 17.5. The first-order valence-electron chi connectivity index (χ1n) is 14.5. The van der Waals surface area contributed by atoms with Gasteiger partial charge in [-0.2, -0.15) is 0 Å². The van der Waals surface area contributed by atoms with Crippen molar-refractivity contribution in [1.82, 2.24) is 9.97 Å². The molecule has 5 saturated carbocycles. The van der Waals surface area contributed by atoms with Crippen LogP contribution in [0.5, 0.6) is 0 Å². The lowest BCUT2D eigenvalue weighted by atomic mass is 9.48. The number of hydrogen-bond acceptors (Lipinski definition) is 3. The molecule has 0 atom stereocenters. The van der Waals surface area contributed by atoms with Crippen LogP contribution in [-0.4, -0.2) is 15.9 Å². The Morgan fingerprint density at radius 1 is 0.972 bits per heavy atom. The van der Waals surface area contributed by atoms with Gasteiger partial charge in [-0.15, -0.1) is 0 Å². The summed E-state index contributed by atoms with van der Waals surface area (Å²) in [6, 6.07) is 5.06. The molecule has 1 amide bonds. The van der Waals surface area contributed by atoms with Crippen molar-refractivity contribution in [3.05, 3.63) is 41.0 Å². The Labute approximate surface area is 213 Å². The second-order valence-corrected chi connectivity index (χ2v) is 13.0. The summed E-state index contributed by atoms with van der Waals surface area (Å²) in [7, 11) is 0. The molecular formula is C31H38FN3O. The van der Waals surface area contributed by atoms with Crippen LogP contribution in [0.3, 0.4) is 0 Å². The second kappa shape index (κ2) is 8.92. The Morgan fingerprint density at radius 2 is 1.69 bits per heavy atom. The first kappa shape index (κ1) is 22.9. The van der Waals surface area contributed by atoms with Crippen molar-refractivity contribution in [2.45, 2.75) is 96.3 Å². The fourth-order valence-electron chi connectivity index (χ4n) is 9.07. The van der Waals surface area contributed by atoms with E-state index in [-0.39, 0.29) is 11.7 Å². The average molecular weight is 488 g/mol. The van der Waals surface area contributed by atoms with Crippen LogP contribution in [0, 0.1) is 34.9 Å². The number of nitrogens with zero attached hydrogens (tertiary/aromatic N) is 2. The number of fused-ring (bicyclic) bond motifs is 3. The van der Waals surface area contributed by atoms with Gasteiger partial charge in [0.05, 0.1) is 17.1 Å². The van der Waals surface area contributed by atoms with E-state index in [1.807, 2.05) is 6.07 Å². The molecule has 36 heavy (non-hydrogen) atoms. The van der Waals surface area contributed by atoms with Crippen LogP contribution >= 0.6 is 0 Å². The predicted molar refractivity (Wildman–Crippen MR) is 139 cm³/mol. The summed E-state index contributed by atoms with van der Waals surface area (Å²) in [6.45, 7) is 0. The standard InChI is InChI=1S/C31H38FN3O/c32-24-7-8-25-23(14-24)6-9-26-29(25)33-27(18-31-15-20-10-21(16-31)12-22(11-20)17-31)30(34-26)35-28(36)13-19-4-2-1-3-5-19/h7-8,14,19-22H,1-6,9-13,15-18H2,(H,34,35,36). The van der Waals surface area contributed by atoms with Crippen molar-refractivity contribution in [2.24, 2.45) is 29.1 Å². The highest BCUT2D eigenvalue weighted by atomic mass is 19.1. The fraction of sp³-hybridized carbons (Fsp3) is 0.645. The van der Waals surface area contributed by atoms with Crippen LogP contribution < -0.4 is 5.32 Å². The number of aryl methyl sites for hydroxylation is 2. The minimum atomic E-state index is -0.189. The Balaban J connectivity index is 1.23. The SMILES string of the molecule is O=C(CC1CCCCC1)Nc1nc2c(nc1CC13CC4CC(CC(C4)C1)C3)-c1ccc(F)cc1CC2. The van der Waals surface area contributed by atoms with E-state index in [0.717, 1.165) is 78.1 Å². The Hall–Kier alpha value is -2.30. The van der Waals surface area contributed by atoms with Crippen LogP contribution in [0.4, 0.5) is 10.2 Å². The van der Waals surface area contributed by atoms with Crippen LogP contribution in [0.25, 0.3) is 11.3 Å². The molecule has 5 fully saturated rings. The van der Waals surface area contributed by atoms with Crippen molar-refractivity contribution >= 4 is 11.7 Å². The van der Waals surface area contributed by atoms with Gasteiger partial charge in [-0.3, -0.25) is 4.79 Å². The van der Waals surface area contributed by atoms with Crippen molar-refractivity contribution in [2.75, 3.05) is 5.32 Å². The summed E-state index contributed by atoms with van der Waals surface area (Å²) in [5.41, 5.74) is 5.15. The Morgan fingerprint density at radius 3 is 2.42 bits per heavy atom. The molecular weight excluding hydrogens is 449 g/mol. The second-order valence-electron chi connectivity index (χ2n) is 13.0. The topological polar surface area (TPSA) is 54.9 Å². The van der Waals surface area contributed by atoms with E-state index < -0.39 is 0 Å². The van der Waals surface area contributed by atoms with E-state index in [1.165, 1.54) is 63.9 Å². The minimum absolute atomic E-state index is 0.0983. The number of rotatable bonds is 5. The molecule has 5 heteroatoms. The van der Waals surface area contributed by atoms with E-state index in [4.69, 9.17) is 9.97 Å². The highest BCUT2D eigenvalue weighted by Gasteiger charge is 2.51. The molecule has 6 aliphatic carbocycles. The number of carbonyl (C=O) groups is 1. The molecule has 8 rings (SSSR count). The van der Waals surface area contributed by atoms with Gasteiger partial charge in [0, 0.05) is 12.0 Å². The molecule has 1 aromatic heterocycles. The van der Waals surface area contributed by atoms with Crippen molar-refractivity contribution in [3.63, 3.8) is 0 Å². The van der Waals surface area contributed by atoms with Gasteiger partial charge in [-0.05, 0) is 123 Å². The van der Waals surface area contributed by atoms with E-state index in [2.05, 4.69) is 5.32 Å². The number of anilines is 1. The van der Waals surface area contributed by atoms with Crippen molar-refractivity contribution in [3.8, 4) is 11.3 Å². The lowest BCUT2D eigenvalue weighted by Crippen LogP contribution is -2.47. The zero-order valence-electron chi connectivity index (χ0n) is 21.3. The Kier molecular flexibility index (Phi) is 5.66. The zero-order valence-corrected chi connectivity index (χ0v) is 21.3. The average Bonchev–Trinajstić information content (AvgIpc) is 2.84. The molecule has 6 aliphatic rings. The smallest absolute Gasteiger partial charge is 0.225 e. The van der Waals surface area contributed by atoms with Gasteiger partial charge >= 0.3 is 0 Å². The monoisotopic (exact) mass is 487 g/mol. The number of nitrogens with one attached hydrogen (secondary N) is 1. The van der Waals surface area contributed by atoms with Crippen LogP contribution in [0.2, 0.25) is 0 Å². The molecule has 4 bridgehead atoms. The fourth-order valence-corrected chi connectivity index (χ4v) is 9.07. The normalized spacial score (nSPS) is 30.6. The van der Waals surface area contributed by atoms with Crippen molar-refractivity contribution in [1.29, 1.82) is 0 Å². The third kappa shape index (κ3) is 4.26. The molecule has 1 N–H and O–H groups in total. The maximum absolute atomic E-state index is 14.0. The van der Waals surface area contributed by atoms with Crippen LogP contribution in [0.1, 0.15) is 94.0 Å². The molecule has 0 radical (unpaired) electrons. The highest BCUT2D eigenvalue weighted by molar-refractivity contribution is 5.90. The number of aromatic nitrogens is 2. The maximum atomic E-state index is 14.0. The molecule has 2 aromatic rings. The number of carbonyl (C=O) groups excluding carboxylic acids is 1. The molecule has 0 spiro atoms. The van der Waals surface area contributed by atoms with Gasteiger partial charge in [-0.1, -0.05) is 19.3 Å². The van der Waals surface area contributed by atoms with Gasteiger partial charge in [0.2, 0.25) is 5.91 Å². The molecule has 1 heterocycles. The quantitative estimate of drug-likeness (QED) is 0.492. The molecule has 0 unspecified atom stereocenters. The van der Waals surface area contributed by atoms with E-state index in [9.17, 15) is 9.18 Å². The lowest BCUT2D eigenvalue weighted by Gasteiger charge is -2.57. The van der Waals surface area contributed by atoms with E-state index in [0.29, 0.717) is 23.6 Å². The summed E-state index contributed by atoms with van der Waals surface area (Å²) in [6.07, 6.45) is 17.3. The molecule has 1 aromatic carbocycles. The third-order valence-electron chi connectivity index (χ3n) is 10.2. The Bertz CT molecular complexity index is 1150. The van der Waals surface area contributed by atoms with E-state index in [1.54, 1.807) is 6.07 Å². The van der Waals surface area contributed by atoms with Crippen LogP contribution in [-0.2, 0) is 24.1 Å². The van der Waals surface area contributed by atoms with Gasteiger partial charge < -0.3 is 5.32 Å². The number of amides is 1. The number of halogens is 1. The number of benzene rings is 1. The highest BCUT2D eigenvalue weighted by Crippen LogP contribution is 2.61. The first-order valence-corrected chi connectivity index (χ1v) is 14.5. The largest absolute Gasteiger partial charge is 0.309 e. The van der Waals surface area contributed by atoms with Gasteiger partial charge in [-0.25, -0.2) is 14.4 Å². The van der Waals surface area contributed by atoms with Crippen LogP contribution in [0.15, 0.2) is 18.2 Å². The van der Waals surface area contributed by atoms with Gasteiger partial charge in [0.15, 0.2) is 5.82 Å². The zero-order chi connectivity index (χ0) is 24.3.